The monoisotopic (exact) mass is 486 g/mol. The molecular weight excluding hydrogens is 466 g/mol. The predicted octanol–water partition coefficient (Wildman–Crippen LogP) is 3.42. The van der Waals surface area contributed by atoms with Crippen LogP contribution in [0.2, 0.25) is 5.02 Å². The van der Waals surface area contributed by atoms with Crippen LogP contribution >= 0.6 is 11.6 Å². The van der Waals surface area contributed by atoms with Gasteiger partial charge in [-0.05, 0) is 18.6 Å². The molecule has 2 unspecified atom stereocenters. The summed E-state index contributed by atoms with van der Waals surface area (Å²) in [5.74, 6) is 0.694. The summed E-state index contributed by atoms with van der Waals surface area (Å²) >= 11 is 5.93. The molecule has 34 heavy (non-hydrogen) atoms. The molecule has 2 atom stereocenters. The van der Waals surface area contributed by atoms with E-state index in [4.69, 9.17) is 21.1 Å². The molecule has 0 spiro atoms. The molecule has 176 valence electrons. The molecule has 0 amide bonds. The maximum absolute atomic E-state index is 14.4. The highest BCUT2D eigenvalue weighted by molar-refractivity contribution is 6.30. The third kappa shape index (κ3) is 3.80. The molecule has 8 nitrogen and oxygen atoms in total. The minimum Gasteiger partial charge on any atom is -0.473 e. The van der Waals surface area contributed by atoms with Crippen molar-refractivity contribution in [2.45, 2.75) is 12.5 Å². The van der Waals surface area contributed by atoms with Crippen molar-refractivity contribution in [1.82, 2.24) is 19.9 Å². The molecule has 3 aliphatic rings. The number of hydrogen-bond donors (Lipinski definition) is 0. The summed E-state index contributed by atoms with van der Waals surface area (Å²) in [7, 11) is 0. The van der Waals surface area contributed by atoms with Crippen molar-refractivity contribution in [3.05, 3.63) is 59.1 Å². The summed E-state index contributed by atoms with van der Waals surface area (Å²) < 4.78 is 40.1. The van der Waals surface area contributed by atoms with Crippen LogP contribution in [0, 0.1) is 23.5 Å². The lowest BCUT2D eigenvalue weighted by Crippen LogP contribution is -2.58. The normalized spacial score (nSPS) is 23.7. The third-order valence-electron chi connectivity index (χ3n) is 6.56. The Morgan fingerprint density at radius 3 is 2.53 bits per heavy atom. The van der Waals surface area contributed by atoms with Gasteiger partial charge in [0.1, 0.15) is 29.9 Å². The summed E-state index contributed by atoms with van der Waals surface area (Å²) in [6.07, 6.45) is 5.13. The van der Waals surface area contributed by atoms with Crippen molar-refractivity contribution in [1.29, 1.82) is 0 Å². The highest BCUT2D eigenvalue weighted by atomic mass is 35.5. The van der Waals surface area contributed by atoms with Crippen LogP contribution in [0.3, 0.4) is 0 Å². The first-order chi connectivity index (χ1) is 16.6. The van der Waals surface area contributed by atoms with E-state index in [2.05, 4.69) is 24.8 Å². The van der Waals surface area contributed by atoms with Crippen LogP contribution in [-0.2, 0) is 11.2 Å². The molecule has 1 aromatic carbocycles. The van der Waals surface area contributed by atoms with E-state index in [1.807, 2.05) is 0 Å². The van der Waals surface area contributed by atoms with Crippen molar-refractivity contribution < 1.29 is 18.3 Å². The van der Waals surface area contributed by atoms with Gasteiger partial charge >= 0.3 is 0 Å². The van der Waals surface area contributed by atoms with E-state index in [1.54, 1.807) is 17.3 Å². The largest absolute Gasteiger partial charge is 0.473 e. The number of fused-ring (bicyclic) bond motifs is 3. The Morgan fingerprint density at radius 1 is 1.03 bits per heavy atom. The molecule has 5 heterocycles. The molecule has 2 aromatic heterocycles. The zero-order valence-corrected chi connectivity index (χ0v) is 18.8. The standard InChI is InChI=1S/C23H21ClF2N6O2/c24-15-6-27-23(28-7-15)31-8-13-10-33-11-14(9-31)20(13)34-22-17-3-4-32(21(17)29-12-30-22)19-2-1-16(25)5-18(19)26/h1-2,5-7,12-14,20H,3-4,8-11H2. The molecule has 0 radical (unpaired) electrons. The van der Waals surface area contributed by atoms with Crippen molar-refractivity contribution >= 4 is 29.1 Å². The first-order valence-electron chi connectivity index (χ1n) is 11.1. The number of rotatable bonds is 4. The van der Waals surface area contributed by atoms with Crippen LogP contribution in [-0.4, -0.2) is 58.9 Å². The lowest BCUT2D eigenvalue weighted by Gasteiger charge is -2.46. The van der Waals surface area contributed by atoms with Crippen LogP contribution in [0.15, 0.2) is 36.9 Å². The fourth-order valence-electron chi connectivity index (χ4n) is 5.06. The number of hydrogen-bond acceptors (Lipinski definition) is 8. The molecule has 0 aliphatic carbocycles. The first-order valence-corrected chi connectivity index (χ1v) is 11.5. The first kappa shape index (κ1) is 21.4. The van der Waals surface area contributed by atoms with Crippen LogP contribution in [0.25, 0.3) is 0 Å². The molecule has 6 rings (SSSR count). The molecule has 0 N–H and O–H groups in total. The van der Waals surface area contributed by atoms with Gasteiger partial charge in [0.15, 0.2) is 0 Å². The number of halogens is 3. The van der Waals surface area contributed by atoms with Gasteiger partial charge in [-0.25, -0.2) is 28.7 Å². The predicted molar refractivity (Wildman–Crippen MR) is 121 cm³/mol. The smallest absolute Gasteiger partial charge is 0.225 e. The van der Waals surface area contributed by atoms with Gasteiger partial charge in [0.05, 0.1) is 41.9 Å². The average molecular weight is 487 g/mol. The zero-order chi connectivity index (χ0) is 23.2. The van der Waals surface area contributed by atoms with Gasteiger partial charge in [0.25, 0.3) is 0 Å². The Labute approximate surface area is 199 Å². The highest BCUT2D eigenvalue weighted by Gasteiger charge is 2.43. The van der Waals surface area contributed by atoms with E-state index >= 15 is 0 Å². The molecule has 2 fully saturated rings. The van der Waals surface area contributed by atoms with Gasteiger partial charge in [-0.2, -0.15) is 0 Å². The van der Waals surface area contributed by atoms with Crippen LogP contribution in [0.4, 0.5) is 26.2 Å². The van der Waals surface area contributed by atoms with Crippen LogP contribution in [0.1, 0.15) is 5.56 Å². The molecule has 2 saturated heterocycles. The van der Waals surface area contributed by atoms with Crippen molar-refractivity contribution in [2.24, 2.45) is 11.8 Å². The minimum atomic E-state index is -0.627. The second-order valence-electron chi connectivity index (χ2n) is 8.72. The Kier molecular flexibility index (Phi) is 5.41. The summed E-state index contributed by atoms with van der Waals surface area (Å²) in [6, 6.07) is 3.55. The molecule has 2 bridgehead atoms. The Morgan fingerprint density at radius 2 is 1.79 bits per heavy atom. The van der Waals surface area contributed by atoms with Crippen LogP contribution < -0.4 is 14.5 Å². The SMILES string of the molecule is Fc1ccc(N2CCc3c(OC4C5COCC4CN(c4ncc(Cl)cn4)C5)ncnc32)c(F)c1. The fourth-order valence-corrected chi connectivity index (χ4v) is 5.15. The van der Waals surface area contributed by atoms with E-state index in [1.165, 1.54) is 18.5 Å². The summed E-state index contributed by atoms with van der Waals surface area (Å²) in [6.45, 7) is 3.00. The topological polar surface area (TPSA) is 76.5 Å². The molecule has 3 aromatic rings. The van der Waals surface area contributed by atoms with Gasteiger partial charge in [0.2, 0.25) is 11.8 Å². The summed E-state index contributed by atoms with van der Waals surface area (Å²) in [4.78, 5) is 21.4. The lowest BCUT2D eigenvalue weighted by atomic mass is 9.84. The number of aromatic nitrogens is 4. The molecule has 3 aliphatic heterocycles. The summed E-state index contributed by atoms with van der Waals surface area (Å²) in [5.41, 5.74) is 1.11. The van der Waals surface area contributed by atoms with Crippen molar-refractivity contribution in [3.63, 3.8) is 0 Å². The number of anilines is 3. The maximum Gasteiger partial charge on any atom is 0.225 e. The Hall–Kier alpha value is -3.11. The van der Waals surface area contributed by atoms with Gasteiger partial charge in [0, 0.05) is 37.5 Å². The summed E-state index contributed by atoms with van der Waals surface area (Å²) in [5, 5.41) is 0.498. The van der Waals surface area contributed by atoms with Gasteiger partial charge in [-0.3, -0.25) is 0 Å². The van der Waals surface area contributed by atoms with E-state index in [0.29, 0.717) is 61.9 Å². The van der Waals surface area contributed by atoms with Gasteiger partial charge in [-0.1, -0.05) is 11.6 Å². The quantitative estimate of drug-likeness (QED) is 0.555. The Bertz CT molecular complexity index is 1200. The number of benzene rings is 1. The van der Waals surface area contributed by atoms with Gasteiger partial charge in [-0.15, -0.1) is 0 Å². The molecular formula is C23H21ClF2N6O2. The number of nitrogens with zero attached hydrogens (tertiary/aromatic N) is 6. The third-order valence-corrected chi connectivity index (χ3v) is 6.76. The second kappa shape index (κ2) is 8.59. The number of ether oxygens (including phenoxy) is 2. The average Bonchev–Trinajstić information content (AvgIpc) is 3.24. The fraction of sp³-hybridized carbons (Fsp3) is 0.391. The van der Waals surface area contributed by atoms with Crippen LogP contribution in [0.5, 0.6) is 5.88 Å². The highest BCUT2D eigenvalue weighted by Crippen LogP contribution is 2.40. The van der Waals surface area contributed by atoms with Gasteiger partial charge < -0.3 is 19.3 Å². The second-order valence-corrected chi connectivity index (χ2v) is 9.16. The van der Waals surface area contributed by atoms with E-state index in [9.17, 15) is 8.78 Å². The van der Waals surface area contributed by atoms with E-state index < -0.39 is 11.6 Å². The van der Waals surface area contributed by atoms with Crippen molar-refractivity contribution in [3.8, 4) is 5.88 Å². The maximum atomic E-state index is 14.4. The molecule has 0 saturated carbocycles. The van der Waals surface area contributed by atoms with E-state index in [-0.39, 0.29) is 23.6 Å². The lowest BCUT2D eigenvalue weighted by molar-refractivity contribution is -0.0772. The Balaban J connectivity index is 1.24. The minimum absolute atomic E-state index is 0.0899. The zero-order valence-electron chi connectivity index (χ0n) is 18.1. The molecule has 11 heteroatoms. The van der Waals surface area contributed by atoms with Crippen molar-refractivity contribution in [2.75, 3.05) is 42.6 Å². The van der Waals surface area contributed by atoms with E-state index in [0.717, 1.165) is 11.6 Å². The number of piperidine rings is 1.